The van der Waals surface area contributed by atoms with Gasteiger partial charge in [-0.15, -0.1) is 0 Å². The molecule has 1 aromatic rings. The van der Waals surface area contributed by atoms with Gasteiger partial charge in [-0.2, -0.15) is 0 Å². The fourth-order valence-corrected chi connectivity index (χ4v) is 3.05. The quantitative estimate of drug-likeness (QED) is 0.794. The van der Waals surface area contributed by atoms with Crippen LogP contribution in [0.4, 0.5) is 0 Å². The second kappa shape index (κ2) is 3.91. The normalized spacial score (nSPS) is 21.4. The van der Waals surface area contributed by atoms with E-state index in [1.165, 1.54) is 48.0 Å². The molecular formula is C13H16BrN. The molecule has 1 aliphatic carbocycles. The van der Waals surface area contributed by atoms with E-state index in [9.17, 15) is 0 Å². The molecule has 0 aromatic heterocycles. The van der Waals surface area contributed by atoms with Crippen molar-refractivity contribution in [1.82, 2.24) is 4.90 Å². The Kier molecular flexibility index (Phi) is 2.57. The van der Waals surface area contributed by atoms with Gasteiger partial charge in [0.05, 0.1) is 0 Å². The standard InChI is InChI=1S/C13H16BrN/c14-13-3-1-2-11-9-15(7-6-12(11)13)8-10-4-5-10/h1-3,10H,4-9H2. The number of fused-ring (bicyclic) bond motifs is 1. The number of hydrogen-bond donors (Lipinski definition) is 0. The van der Waals surface area contributed by atoms with E-state index < -0.39 is 0 Å². The van der Waals surface area contributed by atoms with Gasteiger partial charge < -0.3 is 0 Å². The summed E-state index contributed by atoms with van der Waals surface area (Å²) >= 11 is 3.65. The minimum absolute atomic E-state index is 1.01. The summed E-state index contributed by atoms with van der Waals surface area (Å²) in [6, 6.07) is 6.60. The van der Waals surface area contributed by atoms with Crippen LogP contribution in [0.3, 0.4) is 0 Å². The Hall–Kier alpha value is -0.340. The van der Waals surface area contributed by atoms with Crippen molar-refractivity contribution in [2.24, 2.45) is 5.92 Å². The molecule has 1 aromatic carbocycles. The first kappa shape index (κ1) is 9.86. The summed E-state index contributed by atoms with van der Waals surface area (Å²) < 4.78 is 1.30. The molecule has 0 amide bonds. The summed E-state index contributed by atoms with van der Waals surface area (Å²) in [5, 5.41) is 0. The van der Waals surface area contributed by atoms with Gasteiger partial charge in [0.2, 0.25) is 0 Å². The highest BCUT2D eigenvalue weighted by molar-refractivity contribution is 9.10. The highest BCUT2D eigenvalue weighted by atomic mass is 79.9. The van der Waals surface area contributed by atoms with E-state index in [4.69, 9.17) is 0 Å². The van der Waals surface area contributed by atoms with Gasteiger partial charge >= 0.3 is 0 Å². The number of benzene rings is 1. The van der Waals surface area contributed by atoms with Gasteiger partial charge in [0, 0.05) is 24.1 Å². The average Bonchev–Trinajstić information content (AvgIpc) is 3.02. The van der Waals surface area contributed by atoms with E-state index >= 15 is 0 Å². The molecule has 0 spiro atoms. The lowest BCUT2D eigenvalue weighted by Gasteiger charge is -2.29. The van der Waals surface area contributed by atoms with Crippen molar-refractivity contribution in [3.8, 4) is 0 Å². The Morgan fingerprint density at radius 2 is 2.20 bits per heavy atom. The molecule has 15 heavy (non-hydrogen) atoms. The Labute approximate surface area is 99.6 Å². The minimum Gasteiger partial charge on any atom is -0.298 e. The summed E-state index contributed by atoms with van der Waals surface area (Å²) in [6.07, 6.45) is 4.13. The third-order valence-corrected chi connectivity index (χ3v) is 4.24. The van der Waals surface area contributed by atoms with Gasteiger partial charge in [0.15, 0.2) is 0 Å². The molecule has 0 bridgehead atoms. The van der Waals surface area contributed by atoms with Crippen molar-refractivity contribution in [3.05, 3.63) is 33.8 Å². The molecule has 1 fully saturated rings. The van der Waals surface area contributed by atoms with Gasteiger partial charge in [0.1, 0.15) is 0 Å². The predicted molar refractivity (Wildman–Crippen MR) is 65.8 cm³/mol. The molecular weight excluding hydrogens is 250 g/mol. The van der Waals surface area contributed by atoms with E-state index in [0.29, 0.717) is 0 Å². The molecule has 0 atom stereocenters. The van der Waals surface area contributed by atoms with Crippen molar-refractivity contribution in [2.45, 2.75) is 25.8 Å². The monoisotopic (exact) mass is 265 g/mol. The van der Waals surface area contributed by atoms with Crippen LogP contribution in [0.25, 0.3) is 0 Å². The van der Waals surface area contributed by atoms with Crippen molar-refractivity contribution in [3.63, 3.8) is 0 Å². The Morgan fingerprint density at radius 1 is 1.33 bits per heavy atom. The van der Waals surface area contributed by atoms with Crippen LogP contribution >= 0.6 is 15.9 Å². The number of rotatable bonds is 2. The maximum absolute atomic E-state index is 3.65. The molecule has 2 heteroatoms. The van der Waals surface area contributed by atoms with Crippen molar-refractivity contribution in [1.29, 1.82) is 0 Å². The van der Waals surface area contributed by atoms with Gasteiger partial charge in [-0.1, -0.05) is 28.1 Å². The Balaban J connectivity index is 1.77. The van der Waals surface area contributed by atoms with Gasteiger partial charge in [-0.3, -0.25) is 4.90 Å². The zero-order chi connectivity index (χ0) is 10.3. The smallest absolute Gasteiger partial charge is 0.0237 e. The minimum atomic E-state index is 1.01. The number of nitrogens with zero attached hydrogens (tertiary/aromatic N) is 1. The van der Waals surface area contributed by atoms with E-state index in [0.717, 1.165) is 12.5 Å². The molecule has 0 radical (unpaired) electrons. The van der Waals surface area contributed by atoms with E-state index in [2.05, 4.69) is 39.0 Å². The second-order valence-electron chi connectivity index (χ2n) is 4.81. The lowest BCUT2D eigenvalue weighted by atomic mass is 10.00. The number of hydrogen-bond acceptors (Lipinski definition) is 1. The number of halogens is 1. The first-order valence-corrected chi connectivity index (χ1v) is 6.61. The molecule has 1 nitrogen and oxygen atoms in total. The predicted octanol–water partition coefficient (Wildman–Crippen LogP) is 3.22. The van der Waals surface area contributed by atoms with Crippen LogP contribution in [0, 0.1) is 5.92 Å². The summed E-state index contributed by atoms with van der Waals surface area (Å²) in [7, 11) is 0. The summed E-state index contributed by atoms with van der Waals surface area (Å²) in [5.41, 5.74) is 3.06. The Morgan fingerprint density at radius 3 is 3.00 bits per heavy atom. The summed E-state index contributed by atoms with van der Waals surface area (Å²) in [4.78, 5) is 2.62. The second-order valence-corrected chi connectivity index (χ2v) is 5.66. The molecule has 1 aliphatic heterocycles. The first-order valence-electron chi connectivity index (χ1n) is 5.81. The van der Waals surface area contributed by atoms with E-state index in [1.807, 2.05) is 0 Å². The van der Waals surface area contributed by atoms with Crippen LogP contribution in [-0.4, -0.2) is 18.0 Å². The topological polar surface area (TPSA) is 3.24 Å². The molecule has 1 heterocycles. The highest BCUT2D eigenvalue weighted by Gasteiger charge is 2.26. The van der Waals surface area contributed by atoms with E-state index in [-0.39, 0.29) is 0 Å². The third-order valence-electron chi connectivity index (χ3n) is 3.50. The van der Waals surface area contributed by atoms with E-state index in [1.54, 1.807) is 0 Å². The zero-order valence-corrected chi connectivity index (χ0v) is 10.5. The molecule has 1 saturated carbocycles. The lowest BCUT2D eigenvalue weighted by molar-refractivity contribution is 0.243. The van der Waals surface area contributed by atoms with Crippen LogP contribution in [-0.2, 0) is 13.0 Å². The third kappa shape index (κ3) is 2.11. The SMILES string of the molecule is Brc1cccc2c1CCN(CC1CC1)C2. The maximum Gasteiger partial charge on any atom is 0.0237 e. The molecule has 0 unspecified atom stereocenters. The van der Waals surface area contributed by atoms with Crippen LogP contribution in [0.15, 0.2) is 22.7 Å². The summed E-state index contributed by atoms with van der Waals surface area (Å²) in [6.45, 7) is 3.73. The molecule has 3 rings (SSSR count). The fourth-order valence-electron chi connectivity index (χ4n) is 2.44. The van der Waals surface area contributed by atoms with Crippen LogP contribution in [0.2, 0.25) is 0 Å². The fraction of sp³-hybridized carbons (Fsp3) is 0.538. The Bertz CT molecular complexity index is 371. The van der Waals surface area contributed by atoms with Gasteiger partial charge in [-0.05, 0) is 42.4 Å². The summed E-state index contributed by atoms with van der Waals surface area (Å²) in [5.74, 6) is 1.01. The van der Waals surface area contributed by atoms with Crippen LogP contribution in [0.5, 0.6) is 0 Å². The maximum atomic E-state index is 3.65. The average molecular weight is 266 g/mol. The first-order chi connectivity index (χ1) is 7.33. The van der Waals surface area contributed by atoms with Crippen molar-refractivity contribution >= 4 is 15.9 Å². The zero-order valence-electron chi connectivity index (χ0n) is 8.88. The molecule has 80 valence electrons. The highest BCUT2D eigenvalue weighted by Crippen LogP contribution is 2.32. The van der Waals surface area contributed by atoms with Gasteiger partial charge in [0.25, 0.3) is 0 Å². The molecule has 2 aliphatic rings. The largest absolute Gasteiger partial charge is 0.298 e. The van der Waals surface area contributed by atoms with Crippen LogP contribution in [0.1, 0.15) is 24.0 Å². The lowest BCUT2D eigenvalue weighted by Crippen LogP contribution is -2.32. The van der Waals surface area contributed by atoms with Gasteiger partial charge in [-0.25, -0.2) is 0 Å². The molecule has 0 N–H and O–H groups in total. The van der Waals surface area contributed by atoms with Crippen LogP contribution < -0.4 is 0 Å². The van der Waals surface area contributed by atoms with Crippen molar-refractivity contribution in [2.75, 3.05) is 13.1 Å². The van der Waals surface area contributed by atoms with Crippen molar-refractivity contribution < 1.29 is 0 Å². The molecule has 0 saturated heterocycles.